The topological polar surface area (TPSA) is 46.2 Å². The van der Waals surface area contributed by atoms with Crippen LogP contribution in [0.4, 0.5) is 8.78 Å². The fourth-order valence-electron chi connectivity index (χ4n) is 2.36. The predicted octanol–water partition coefficient (Wildman–Crippen LogP) is 3.05. The first-order valence-corrected chi connectivity index (χ1v) is 6.43. The van der Waals surface area contributed by atoms with Crippen LogP contribution in [-0.4, -0.2) is 11.7 Å². The van der Waals surface area contributed by atoms with E-state index in [1.165, 1.54) is 12.1 Å². The molecule has 106 valence electrons. The SMILES string of the molecule is Cc1ccccc1C(O)C(CN)c1ccc(F)cc1F. The van der Waals surface area contributed by atoms with E-state index in [0.717, 1.165) is 11.6 Å². The number of hydrogen-bond donors (Lipinski definition) is 2. The number of aliphatic hydroxyl groups excluding tert-OH is 1. The third-order valence-electron chi connectivity index (χ3n) is 3.50. The summed E-state index contributed by atoms with van der Waals surface area (Å²) in [4.78, 5) is 0. The molecule has 2 aromatic rings. The van der Waals surface area contributed by atoms with Crippen LogP contribution in [0.5, 0.6) is 0 Å². The summed E-state index contributed by atoms with van der Waals surface area (Å²) in [5.41, 5.74) is 7.51. The zero-order valence-electron chi connectivity index (χ0n) is 11.2. The first kappa shape index (κ1) is 14.6. The Hall–Kier alpha value is -1.78. The van der Waals surface area contributed by atoms with Gasteiger partial charge in [-0.25, -0.2) is 8.78 Å². The highest BCUT2D eigenvalue weighted by molar-refractivity contribution is 5.33. The van der Waals surface area contributed by atoms with E-state index in [2.05, 4.69) is 0 Å². The fraction of sp³-hybridized carbons (Fsp3) is 0.250. The third kappa shape index (κ3) is 2.86. The molecule has 20 heavy (non-hydrogen) atoms. The van der Waals surface area contributed by atoms with Crippen molar-refractivity contribution in [3.05, 3.63) is 70.8 Å². The maximum Gasteiger partial charge on any atom is 0.129 e. The van der Waals surface area contributed by atoms with E-state index in [0.29, 0.717) is 5.56 Å². The molecule has 2 atom stereocenters. The zero-order chi connectivity index (χ0) is 14.7. The second kappa shape index (κ2) is 6.11. The summed E-state index contributed by atoms with van der Waals surface area (Å²) in [5.74, 6) is -1.95. The Balaban J connectivity index is 2.39. The van der Waals surface area contributed by atoms with Crippen molar-refractivity contribution < 1.29 is 13.9 Å². The molecule has 0 aliphatic rings. The zero-order valence-corrected chi connectivity index (χ0v) is 11.2. The van der Waals surface area contributed by atoms with Crippen molar-refractivity contribution in [3.63, 3.8) is 0 Å². The number of benzene rings is 2. The Labute approximate surface area is 116 Å². The summed E-state index contributed by atoms with van der Waals surface area (Å²) in [7, 11) is 0. The van der Waals surface area contributed by atoms with Gasteiger partial charge in [-0.15, -0.1) is 0 Å². The van der Waals surface area contributed by atoms with Crippen LogP contribution >= 0.6 is 0 Å². The van der Waals surface area contributed by atoms with Crippen LogP contribution in [0.25, 0.3) is 0 Å². The number of aryl methyl sites for hydroxylation is 1. The number of nitrogens with two attached hydrogens (primary N) is 1. The number of rotatable bonds is 4. The Morgan fingerprint density at radius 2 is 1.80 bits per heavy atom. The molecule has 4 heteroatoms. The standard InChI is InChI=1S/C16H17F2NO/c1-10-4-2-3-5-12(10)16(20)14(9-19)13-7-6-11(17)8-15(13)18/h2-8,14,16,20H,9,19H2,1H3. The molecule has 2 rings (SSSR count). The quantitative estimate of drug-likeness (QED) is 0.902. The highest BCUT2D eigenvalue weighted by atomic mass is 19.1. The third-order valence-corrected chi connectivity index (χ3v) is 3.50. The van der Waals surface area contributed by atoms with Gasteiger partial charge in [-0.2, -0.15) is 0 Å². The van der Waals surface area contributed by atoms with Gasteiger partial charge in [0.1, 0.15) is 11.6 Å². The van der Waals surface area contributed by atoms with Crippen molar-refractivity contribution in [3.8, 4) is 0 Å². The molecule has 0 fully saturated rings. The van der Waals surface area contributed by atoms with Crippen molar-refractivity contribution in [2.24, 2.45) is 5.73 Å². The van der Waals surface area contributed by atoms with Crippen LogP contribution in [0.15, 0.2) is 42.5 Å². The Morgan fingerprint density at radius 3 is 2.40 bits per heavy atom. The summed E-state index contributed by atoms with van der Waals surface area (Å²) in [6.45, 7) is 1.94. The molecule has 0 aromatic heterocycles. The maximum atomic E-state index is 13.9. The first-order chi connectivity index (χ1) is 9.54. The average molecular weight is 277 g/mol. The monoisotopic (exact) mass is 277 g/mol. The van der Waals surface area contributed by atoms with Crippen LogP contribution in [0.3, 0.4) is 0 Å². The van der Waals surface area contributed by atoms with E-state index >= 15 is 0 Å². The fourth-order valence-corrected chi connectivity index (χ4v) is 2.36. The highest BCUT2D eigenvalue weighted by Crippen LogP contribution is 2.33. The molecule has 0 spiro atoms. The molecule has 0 amide bonds. The van der Waals surface area contributed by atoms with Crippen molar-refractivity contribution >= 4 is 0 Å². The second-order valence-electron chi connectivity index (χ2n) is 4.81. The van der Waals surface area contributed by atoms with Gasteiger partial charge in [0.15, 0.2) is 0 Å². The summed E-state index contributed by atoms with van der Waals surface area (Å²) < 4.78 is 26.8. The number of aliphatic hydroxyl groups is 1. The van der Waals surface area contributed by atoms with E-state index < -0.39 is 23.7 Å². The van der Waals surface area contributed by atoms with Crippen LogP contribution in [0.2, 0.25) is 0 Å². The molecule has 0 aliphatic heterocycles. The molecular formula is C16H17F2NO. The van der Waals surface area contributed by atoms with E-state index in [1.807, 2.05) is 19.1 Å². The van der Waals surface area contributed by atoms with Gasteiger partial charge < -0.3 is 10.8 Å². The van der Waals surface area contributed by atoms with E-state index in [-0.39, 0.29) is 12.1 Å². The van der Waals surface area contributed by atoms with Gasteiger partial charge in [0.25, 0.3) is 0 Å². The molecule has 0 bridgehead atoms. The van der Waals surface area contributed by atoms with Gasteiger partial charge in [0.2, 0.25) is 0 Å². The van der Waals surface area contributed by atoms with Gasteiger partial charge in [0, 0.05) is 18.5 Å². The molecule has 0 aliphatic carbocycles. The molecule has 2 aromatic carbocycles. The lowest BCUT2D eigenvalue weighted by Crippen LogP contribution is -2.22. The number of hydrogen-bond acceptors (Lipinski definition) is 2. The van der Waals surface area contributed by atoms with Gasteiger partial charge in [-0.1, -0.05) is 30.3 Å². The van der Waals surface area contributed by atoms with Crippen molar-refractivity contribution in [2.45, 2.75) is 18.9 Å². The van der Waals surface area contributed by atoms with Gasteiger partial charge in [-0.3, -0.25) is 0 Å². The minimum atomic E-state index is -0.929. The molecule has 0 saturated carbocycles. The van der Waals surface area contributed by atoms with Crippen LogP contribution in [0, 0.1) is 18.6 Å². The van der Waals surface area contributed by atoms with Crippen molar-refractivity contribution in [1.29, 1.82) is 0 Å². The van der Waals surface area contributed by atoms with Gasteiger partial charge >= 0.3 is 0 Å². The molecular weight excluding hydrogens is 260 g/mol. The van der Waals surface area contributed by atoms with Gasteiger partial charge in [0.05, 0.1) is 6.10 Å². The van der Waals surface area contributed by atoms with E-state index in [9.17, 15) is 13.9 Å². The predicted molar refractivity (Wildman–Crippen MR) is 74.3 cm³/mol. The molecule has 2 nitrogen and oxygen atoms in total. The Morgan fingerprint density at radius 1 is 1.10 bits per heavy atom. The minimum absolute atomic E-state index is 0.0675. The van der Waals surface area contributed by atoms with Crippen molar-refractivity contribution in [2.75, 3.05) is 6.54 Å². The Kier molecular flexibility index (Phi) is 4.47. The summed E-state index contributed by atoms with van der Waals surface area (Å²) in [6.07, 6.45) is -0.929. The lowest BCUT2D eigenvalue weighted by atomic mass is 9.87. The maximum absolute atomic E-state index is 13.9. The Bertz CT molecular complexity index is 601. The van der Waals surface area contributed by atoms with Crippen LogP contribution in [0.1, 0.15) is 28.7 Å². The minimum Gasteiger partial charge on any atom is -0.388 e. The van der Waals surface area contributed by atoms with E-state index in [4.69, 9.17) is 5.73 Å². The summed E-state index contributed by atoms with van der Waals surface area (Å²) in [6, 6.07) is 10.6. The molecule has 0 heterocycles. The molecule has 0 radical (unpaired) electrons. The lowest BCUT2D eigenvalue weighted by Gasteiger charge is -2.24. The number of halogens is 2. The summed E-state index contributed by atoms with van der Waals surface area (Å²) in [5, 5.41) is 10.5. The van der Waals surface area contributed by atoms with Crippen LogP contribution < -0.4 is 5.73 Å². The van der Waals surface area contributed by atoms with E-state index in [1.54, 1.807) is 12.1 Å². The van der Waals surface area contributed by atoms with Crippen LogP contribution in [-0.2, 0) is 0 Å². The second-order valence-corrected chi connectivity index (χ2v) is 4.81. The highest BCUT2D eigenvalue weighted by Gasteiger charge is 2.25. The molecule has 0 saturated heterocycles. The van der Waals surface area contributed by atoms with Gasteiger partial charge in [-0.05, 0) is 29.7 Å². The first-order valence-electron chi connectivity index (χ1n) is 6.43. The molecule has 3 N–H and O–H groups in total. The lowest BCUT2D eigenvalue weighted by molar-refractivity contribution is 0.145. The van der Waals surface area contributed by atoms with Crippen molar-refractivity contribution in [1.82, 2.24) is 0 Å². The smallest absolute Gasteiger partial charge is 0.129 e. The molecule has 2 unspecified atom stereocenters. The largest absolute Gasteiger partial charge is 0.388 e. The average Bonchev–Trinajstić information content (AvgIpc) is 2.42. The normalized spacial score (nSPS) is 14.1. The summed E-state index contributed by atoms with van der Waals surface area (Å²) >= 11 is 0.